The predicted octanol–water partition coefficient (Wildman–Crippen LogP) is 1.20. The Balaban J connectivity index is 2.49. The molecular formula is C9H11ClN4O2. The SMILES string of the molecule is COCCc1[nH]nc2c(OC)nc(Cl)nc12. The molecule has 0 amide bonds. The fourth-order valence-corrected chi connectivity index (χ4v) is 1.58. The van der Waals surface area contributed by atoms with Gasteiger partial charge in [0.1, 0.15) is 5.52 Å². The van der Waals surface area contributed by atoms with Crippen LogP contribution in [0.2, 0.25) is 5.28 Å². The van der Waals surface area contributed by atoms with Gasteiger partial charge in [0.05, 0.1) is 19.4 Å². The molecule has 0 aliphatic heterocycles. The lowest BCUT2D eigenvalue weighted by Crippen LogP contribution is -1.97. The Morgan fingerprint density at radius 1 is 1.25 bits per heavy atom. The summed E-state index contributed by atoms with van der Waals surface area (Å²) < 4.78 is 10.1. The highest BCUT2D eigenvalue weighted by Crippen LogP contribution is 2.24. The summed E-state index contributed by atoms with van der Waals surface area (Å²) >= 11 is 5.79. The third-order valence-corrected chi connectivity index (χ3v) is 2.33. The zero-order chi connectivity index (χ0) is 11.5. The predicted molar refractivity (Wildman–Crippen MR) is 58.8 cm³/mol. The van der Waals surface area contributed by atoms with Crippen molar-refractivity contribution in [1.29, 1.82) is 0 Å². The molecule has 0 aliphatic rings. The Morgan fingerprint density at radius 2 is 2.06 bits per heavy atom. The first-order chi connectivity index (χ1) is 7.76. The summed E-state index contributed by atoms with van der Waals surface area (Å²) in [6.45, 7) is 0.585. The first-order valence-electron chi connectivity index (χ1n) is 4.69. The summed E-state index contributed by atoms with van der Waals surface area (Å²) in [5, 5.41) is 7.12. The van der Waals surface area contributed by atoms with Crippen molar-refractivity contribution in [2.45, 2.75) is 6.42 Å². The van der Waals surface area contributed by atoms with Gasteiger partial charge in [0, 0.05) is 13.5 Å². The van der Waals surface area contributed by atoms with Crippen molar-refractivity contribution in [2.75, 3.05) is 20.8 Å². The molecule has 6 nitrogen and oxygen atoms in total. The minimum Gasteiger partial charge on any atom is -0.479 e. The number of H-pyrrole nitrogens is 1. The average Bonchev–Trinajstić information content (AvgIpc) is 2.68. The molecule has 0 saturated heterocycles. The van der Waals surface area contributed by atoms with Gasteiger partial charge in [0.25, 0.3) is 0 Å². The molecule has 0 atom stereocenters. The summed E-state index contributed by atoms with van der Waals surface area (Å²) in [6.07, 6.45) is 0.684. The minimum absolute atomic E-state index is 0.143. The number of ether oxygens (including phenoxy) is 2. The molecule has 0 saturated carbocycles. The number of nitrogens with zero attached hydrogens (tertiary/aromatic N) is 3. The second-order valence-electron chi connectivity index (χ2n) is 3.14. The van der Waals surface area contributed by atoms with Gasteiger partial charge in [-0.05, 0) is 11.6 Å². The summed E-state index contributed by atoms with van der Waals surface area (Å²) in [4.78, 5) is 8.05. The van der Waals surface area contributed by atoms with Crippen LogP contribution in [-0.2, 0) is 11.2 Å². The van der Waals surface area contributed by atoms with Crippen LogP contribution < -0.4 is 4.74 Å². The lowest BCUT2D eigenvalue weighted by atomic mass is 10.3. The molecule has 1 N–H and O–H groups in total. The summed E-state index contributed by atoms with van der Waals surface area (Å²) in [5.41, 5.74) is 2.12. The summed E-state index contributed by atoms with van der Waals surface area (Å²) in [7, 11) is 3.16. The Kier molecular flexibility index (Phi) is 3.21. The van der Waals surface area contributed by atoms with Gasteiger partial charge in [0.15, 0.2) is 5.52 Å². The molecule has 0 bridgehead atoms. The summed E-state index contributed by atoms with van der Waals surface area (Å²) in [5.74, 6) is 0.370. The number of hydrogen-bond acceptors (Lipinski definition) is 5. The number of aromatic nitrogens is 4. The lowest BCUT2D eigenvalue weighted by molar-refractivity contribution is 0.201. The maximum atomic E-state index is 5.79. The average molecular weight is 243 g/mol. The number of hydrogen-bond donors (Lipinski definition) is 1. The number of nitrogens with one attached hydrogen (secondary N) is 1. The molecule has 2 heterocycles. The highest BCUT2D eigenvalue weighted by Gasteiger charge is 2.14. The van der Waals surface area contributed by atoms with E-state index in [9.17, 15) is 0 Å². The molecule has 16 heavy (non-hydrogen) atoms. The number of aromatic amines is 1. The van der Waals surface area contributed by atoms with E-state index in [2.05, 4.69) is 20.2 Å². The molecule has 2 aromatic rings. The fourth-order valence-electron chi connectivity index (χ4n) is 1.42. The first-order valence-corrected chi connectivity index (χ1v) is 5.07. The van der Waals surface area contributed by atoms with Crippen molar-refractivity contribution in [3.05, 3.63) is 11.0 Å². The number of rotatable bonds is 4. The van der Waals surface area contributed by atoms with Crippen molar-refractivity contribution in [1.82, 2.24) is 20.2 Å². The van der Waals surface area contributed by atoms with Gasteiger partial charge in [-0.3, -0.25) is 5.10 Å². The maximum Gasteiger partial charge on any atom is 0.246 e. The van der Waals surface area contributed by atoms with E-state index in [0.29, 0.717) is 29.9 Å². The van der Waals surface area contributed by atoms with E-state index in [4.69, 9.17) is 21.1 Å². The molecule has 0 fully saturated rings. The van der Waals surface area contributed by atoms with Crippen molar-refractivity contribution in [3.8, 4) is 5.88 Å². The van der Waals surface area contributed by atoms with Gasteiger partial charge >= 0.3 is 0 Å². The van der Waals surface area contributed by atoms with Crippen molar-refractivity contribution in [2.24, 2.45) is 0 Å². The Bertz CT molecular complexity index is 499. The third kappa shape index (κ3) is 1.94. The molecule has 0 aromatic carbocycles. The van der Waals surface area contributed by atoms with E-state index >= 15 is 0 Å². The van der Waals surface area contributed by atoms with Crippen LogP contribution in [0.15, 0.2) is 0 Å². The molecule has 86 valence electrons. The van der Waals surface area contributed by atoms with Gasteiger partial charge < -0.3 is 9.47 Å². The number of methoxy groups -OCH3 is 2. The van der Waals surface area contributed by atoms with E-state index in [1.807, 2.05) is 0 Å². The molecule has 0 unspecified atom stereocenters. The van der Waals surface area contributed by atoms with E-state index in [1.54, 1.807) is 7.11 Å². The smallest absolute Gasteiger partial charge is 0.246 e. The van der Waals surface area contributed by atoms with Crippen molar-refractivity contribution in [3.63, 3.8) is 0 Å². The first kappa shape index (κ1) is 11.1. The monoisotopic (exact) mass is 242 g/mol. The Morgan fingerprint density at radius 3 is 2.75 bits per heavy atom. The zero-order valence-electron chi connectivity index (χ0n) is 8.95. The zero-order valence-corrected chi connectivity index (χ0v) is 9.71. The molecule has 2 aromatic heterocycles. The van der Waals surface area contributed by atoms with Crippen LogP contribution >= 0.6 is 11.6 Å². The Hall–Kier alpha value is -1.40. The van der Waals surface area contributed by atoms with Crippen LogP contribution in [0, 0.1) is 0 Å². The standard InChI is InChI=1S/C9H11ClN4O2/c1-15-4-3-5-6-7(14-13-5)8(16-2)12-9(10)11-6/h3-4H2,1-2H3,(H,13,14). The van der Waals surface area contributed by atoms with Crippen LogP contribution in [0.25, 0.3) is 11.0 Å². The van der Waals surface area contributed by atoms with Crippen molar-refractivity contribution >= 4 is 22.6 Å². The molecular weight excluding hydrogens is 232 g/mol. The van der Waals surface area contributed by atoms with Crippen LogP contribution in [0.3, 0.4) is 0 Å². The fraction of sp³-hybridized carbons (Fsp3) is 0.444. The van der Waals surface area contributed by atoms with Gasteiger partial charge in [-0.15, -0.1) is 0 Å². The highest BCUT2D eigenvalue weighted by atomic mass is 35.5. The second kappa shape index (κ2) is 4.63. The normalized spacial score (nSPS) is 10.9. The largest absolute Gasteiger partial charge is 0.479 e. The van der Waals surface area contributed by atoms with Crippen LogP contribution in [0.1, 0.15) is 5.69 Å². The second-order valence-corrected chi connectivity index (χ2v) is 3.48. The van der Waals surface area contributed by atoms with Crippen LogP contribution in [0.4, 0.5) is 0 Å². The molecule has 7 heteroatoms. The summed E-state index contributed by atoms with van der Waals surface area (Å²) in [6, 6.07) is 0. The maximum absolute atomic E-state index is 5.79. The number of halogens is 1. The molecule has 0 radical (unpaired) electrons. The van der Waals surface area contributed by atoms with Crippen LogP contribution in [-0.4, -0.2) is 41.0 Å². The van der Waals surface area contributed by atoms with Gasteiger partial charge in [-0.25, -0.2) is 4.98 Å². The third-order valence-electron chi connectivity index (χ3n) is 2.16. The van der Waals surface area contributed by atoms with E-state index in [1.165, 1.54) is 7.11 Å². The van der Waals surface area contributed by atoms with Gasteiger partial charge in [-0.1, -0.05) is 0 Å². The number of fused-ring (bicyclic) bond motifs is 1. The minimum atomic E-state index is 0.143. The van der Waals surface area contributed by atoms with Crippen molar-refractivity contribution < 1.29 is 9.47 Å². The quantitative estimate of drug-likeness (QED) is 0.816. The van der Waals surface area contributed by atoms with Gasteiger partial charge in [-0.2, -0.15) is 10.1 Å². The topological polar surface area (TPSA) is 72.9 Å². The molecule has 0 spiro atoms. The van der Waals surface area contributed by atoms with E-state index in [0.717, 1.165) is 5.69 Å². The van der Waals surface area contributed by atoms with Crippen LogP contribution in [0.5, 0.6) is 5.88 Å². The molecule has 0 aliphatic carbocycles. The van der Waals surface area contributed by atoms with E-state index < -0.39 is 0 Å². The molecule has 2 rings (SSSR count). The lowest BCUT2D eigenvalue weighted by Gasteiger charge is -2.00. The van der Waals surface area contributed by atoms with Gasteiger partial charge in [0.2, 0.25) is 11.2 Å². The van der Waals surface area contributed by atoms with E-state index in [-0.39, 0.29) is 5.28 Å². The highest BCUT2D eigenvalue weighted by molar-refractivity contribution is 6.28. The Labute approximate surface area is 96.9 Å².